The maximum absolute atomic E-state index is 13.4. The Labute approximate surface area is 111 Å². The number of anilines is 1. The molecule has 0 saturated heterocycles. The third-order valence-electron chi connectivity index (χ3n) is 2.61. The van der Waals surface area contributed by atoms with Crippen molar-refractivity contribution in [2.24, 2.45) is 0 Å². The van der Waals surface area contributed by atoms with Gasteiger partial charge in [-0.2, -0.15) is 0 Å². The molecule has 0 saturated carbocycles. The van der Waals surface area contributed by atoms with Crippen LogP contribution in [0.2, 0.25) is 0 Å². The van der Waals surface area contributed by atoms with E-state index >= 15 is 0 Å². The number of halogens is 3. The Kier molecular flexibility index (Phi) is 3.75. The van der Waals surface area contributed by atoms with Crippen LogP contribution in [-0.4, -0.2) is 35.0 Å². The van der Waals surface area contributed by atoms with Crippen molar-refractivity contribution in [3.05, 3.63) is 41.4 Å². The van der Waals surface area contributed by atoms with Gasteiger partial charge in [0.05, 0.1) is 18.8 Å². The Morgan fingerprint density at radius 3 is 2.40 bits per heavy atom. The first-order chi connectivity index (χ1) is 9.43. The number of aliphatic hydroxyl groups is 1. The van der Waals surface area contributed by atoms with Crippen molar-refractivity contribution < 1.29 is 27.9 Å². The SMILES string of the molecule is O=C1C=C(Nc2cc(F)c(F)cc2F)C(=O)N1CCO. The summed E-state index contributed by atoms with van der Waals surface area (Å²) in [6.45, 7) is -0.627. The van der Waals surface area contributed by atoms with Crippen LogP contribution in [0.15, 0.2) is 23.9 Å². The number of nitrogens with zero attached hydrogens (tertiary/aromatic N) is 1. The number of aliphatic hydroxyl groups excluding tert-OH is 1. The first-order valence-electron chi connectivity index (χ1n) is 5.54. The average Bonchev–Trinajstić information content (AvgIpc) is 2.64. The number of nitrogens with one attached hydrogen (secondary N) is 1. The Morgan fingerprint density at radius 1 is 1.10 bits per heavy atom. The lowest BCUT2D eigenvalue weighted by Gasteiger charge is -2.13. The molecule has 0 radical (unpaired) electrons. The zero-order chi connectivity index (χ0) is 14.9. The molecule has 2 rings (SSSR count). The first kappa shape index (κ1) is 14.1. The monoisotopic (exact) mass is 286 g/mol. The molecule has 106 valence electrons. The number of carbonyl (C=O) groups is 2. The quantitative estimate of drug-likeness (QED) is 0.633. The summed E-state index contributed by atoms with van der Waals surface area (Å²) in [6.07, 6.45) is 0.888. The van der Waals surface area contributed by atoms with Crippen LogP contribution in [0.4, 0.5) is 18.9 Å². The van der Waals surface area contributed by atoms with E-state index in [9.17, 15) is 22.8 Å². The van der Waals surface area contributed by atoms with Crippen molar-refractivity contribution in [1.29, 1.82) is 0 Å². The Hall–Kier alpha value is -2.35. The van der Waals surface area contributed by atoms with Gasteiger partial charge in [0, 0.05) is 18.2 Å². The minimum Gasteiger partial charge on any atom is -0.395 e. The van der Waals surface area contributed by atoms with Gasteiger partial charge in [-0.05, 0) is 0 Å². The fourth-order valence-electron chi connectivity index (χ4n) is 1.67. The number of benzene rings is 1. The number of hydrogen-bond donors (Lipinski definition) is 2. The van der Waals surface area contributed by atoms with Crippen LogP contribution in [0.5, 0.6) is 0 Å². The molecule has 1 aromatic rings. The van der Waals surface area contributed by atoms with Crippen LogP contribution in [0, 0.1) is 17.5 Å². The standard InChI is InChI=1S/C12H9F3N2O3/c13-6-3-8(15)9(4-7(6)14)16-10-5-11(19)17(1-2-18)12(10)20/h3-5,16,18H,1-2H2. The fraction of sp³-hybridized carbons (Fsp3) is 0.167. The second kappa shape index (κ2) is 5.33. The topological polar surface area (TPSA) is 69.6 Å². The van der Waals surface area contributed by atoms with Gasteiger partial charge in [0.15, 0.2) is 11.6 Å². The molecule has 5 nitrogen and oxygen atoms in total. The molecule has 1 aliphatic rings. The van der Waals surface area contributed by atoms with Gasteiger partial charge in [0.25, 0.3) is 11.8 Å². The highest BCUT2D eigenvalue weighted by Gasteiger charge is 2.31. The molecule has 0 bridgehead atoms. The van der Waals surface area contributed by atoms with Crippen molar-refractivity contribution in [2.75, 3.05) is 18.5 Å². The summed E-state index contributed by atoms with van der Waals surface area (Å²) in [6, 6.07) is 0.864. The van der Waals surface area contributed by atoms with Gasteiger partial charge >= 0.3 is 0 Å². The lowest BCUT2D eigenvalue weighted by molar-refractivity contribution is -0.137. The molecular formula is C12H9F3N2O3. The van der Waals surface area contributed by atoms with E-state index < -0.39 is 41.6 Å². The minimum atomic E-state index is -1.36. The number of imide groups is 1. The predicted molar refractivity (Wildman–Crippen MR) is 61.8 cm³/mol. The van der Waals surface area contributed by atoms with E-state index in [1.165, 1.54) is 0 Å². The maximum Gasteiger partial charge on any atom is 0.277 e. The summed E-state index contributed by atoms with van der Waals surface area (Å²) < 4.78 is 39.2. The van der Waals surface area contributed by atoms with Crippen molar-refractivity contribution in [3.63, 3.8) is 0 Å². The molecule has 1 aliphatic heterocycles. The van der Waals surface area contributed by atoms with Crippen LogP contribution in [0.1, 0.15) is 0 Å². The molecular weight excluding hydrogens is 277 g/mol. The largest absolute Gasteiger partial charge is 0.395 e. The van der Waals surface area contributed by atoms with Crippen LogP contribution in [0.25, 0.3) is 0 Å². The number of amides is 2. The van der Waals surface area contributed by atoms with E-state index in [2.05, 4.69) is 5.32 Å². The Bertz CT molecular complexity index is 616. The number of rotatable bonds is 4. The van der Waals surface area contributed by atoms with Gasteiger partial charge in [0.2, 0.25) is 0 Å². The molecule has 1 aromatic carbocycles. The molecule has 0 aliphatic carbocycles. The normalized spacial score (nSPS) is 14.8. The van der Waals surface area contributed by atoms with Crippen molar-refractivity contribution in [1.82, 2.24) is 4.90 Å². The van der Waals surface area contributed by atoms with Crippen LogP contribution in [0.3, 0.4) is 0 Å². The van der Waals surface area contributed by atoms with Crippen LogP contribution < -0.4 is 5.32 Å². The van der Waals surface area contributed by atoms with Crippen LogP contribution >= 0.6 is 0 Å². The minimum absolute atomic E-state index is 0.209. The molecule has 2 N–H and O–H groups in total. The van der Waals surface area contributed by atoms with E-state index in [1.807, 2.05) is 0 Å². The summed E-state index contributed by atoms with van der Waals surface area (Å²) in [7, 11) is 0. The van der Waals surface area contributed by atoms with Crippen LogP contribution in [-0.2, 0) is 9.59 Å². The second-order valence-electron chi connectivity index (χ2n) is 3.95. The summed E-state index contributed by atoms with van der Waals surface area (Å²) in [5, 5.41) is 10.9. The van der Waals surface area contributed by atoms with E-state index in [0.717, 1.165) is 11.0 Å². The third kappa shape index (κ3) is 2.50. The molecule has 0 spiro atoms. The maximum atomic E-state index is 13.4. The third-order valence-corrected chi connectivity index (χ3v) is 2.61. The van der Waals surface area contributed by atoms with Crippen molar-refractivity contribution >= 4 is 17.5 Å². The highest BCUT2D eigenvalue weighted by atomic mass is 19.2. The van der Waals surface area contributed by atoms with Gasteiger partial charge in [-0.1, -0.05) is 0 Å². The van der Waals surface area contributed by atoms with Gasteiger partial charge in [0.1, 0.15) is 11.5 Å². The molecule has 1 heterocycles. The second-order valence-corrected chi connectivity index (χ2v) is 3.95. The van der Waals surface area contributed by atoms with Crippen molar-refractivity contribution in [3.8, 4) is 0 Å². The fourth-order valence-corrected chi connectivity index (χ4v) is 1.67. The van der Waals surface area contributed by atoms with Gasteiger partial charge < -0.3 is 10.4 Å². The van der Waals surface area contributed by atoms with E-state index in [1.54, 1.807) is 0 Å². The van der Waals surface area contributed by atoms with Gasteiger partial charge in [-0.3, -0.25) is 14.5 Å². The molecule has 0 unspecified atom stereocenters. The number of β-amino-alcohol motifs (C(OH)–C–C–N with tert-alkyl or cyclic N) is 1. The van der Waals surface area contributed by atoms with Crippen molar-refractivity contribution in [2.45, 2.75) is 0 Å². The average molecular weight is 286 g/mol. The van der Waals surface area contributed by atoms with E-state index in [0.29, 0.717) is 12.1 Å². The molecule has 0 aromatic heterocycles. The highest BCUT2D eigenvalue weighted by Crippen LogP contribution is 2.22. The Morgan fingerprint density at radius 2 is 1.75 bits per heavy atom. The summed E-state index contributed by atoms with van der Waals surface area (Å²) in [4.78, 5) is 23.9. The lowest BCUT2D eigenvalue weighted by atomic mass is 10.2. The van der Waals surface area contributed by atoms with E-state index in [4.69, 9.17) is 5.11 Å². The molecule has 2 amide bonds. The molecule has 8 heteroatoms. The number of hydrogen-bond acceptors (Lipinski definition) is 4. The zero-order valence-electron chi connectivity index (χ0n) is 9.99. The summed E-state index contributed by atoms with van der Waals surface area (Å²) >= 11 is 0. The van der Waals surface area contributed by atoms with Gasteiger partial charge in [-0.15, -0.1) is 0 Å². The number of carbonyl (C=O) groups excluding carboxylic acids is 2. The molecule has 0 atom stereocenters. The highest BCUT2D eigenvalue weighted by molar-refractivity contribution is 6.17. The smallest absolute Gasteiger partial charge is 0.277 e. The first-order valence-corrected chi connectivity index (χ1v) is 5.54. The molecule has 20 heavy (non-hydrogen) atoms. The lowest BCUT2D eigenvalue weighted by Crippen LogP contribution is -2.34. The van der Waals surface area contributed by atoms with Gasteiger partial charge in [-0.25, -0.2) is 13.2 Å². The predicted octanol–water partition coefficient (Wildman–Crippen LogP) is 0.761. The zero-order valence-corrected chi connectivity index (χ0v) is 9.99. The summed E-state index contributed by atoms with van der Waals surface area (Å²) in [5.74, 6) is -5.23. The summed E-state index contributed by atoms with van der Waals surface area (Å²) in [5.41, 5.74) is -0.754. The molecule has 0 fully saturated rings. The Balaban J connectivity index is 2.23. The van der Waals surface area contributed by atoms with E-state index in [-0.39, 0.29) is 12.2 Å².